The second-order valence-corrected chi connectivity index (χ2v) is 5.00. The highest BCUT2D eigenvalue weighted by molar-refractivity contribution is 5.79. The lowest BCUT2D eigenvalue weighted by Crippen LogP contribution is -2.43. The molecule has 1 N–H and O–H groups in total. The van der Waals surface area contributed by atoms with Gasteiger partial charge in [-0.1, -0.05) is 13.3 Å². The average molecular weight is 272 g/mol. The molecule has 0 heterocycles. The predicted molar refractivity (Wildman–Crippen MR) is 68.2 cm³/mol. The molecule has 0 aromatic heterocycles. The fourth-order valence-corrected chi connectivity index (χ4v) is 1.33. The first-order valence-electron chi connectivity index (χ1n) is 6.03. The van der Waals surface area contributed by atoms with E-state index in [1.807, 2.05) is 6.92 Å². The molecule has 0 aromatic rings. The number of ether oxygens (including phenoxy) is 1. The molecule has 0 bridgehead atoms. The molecule has 0 aliphatic carbocycles. The zero-order chi connectivity index (χ0) is 15.1. The highest BCUT2D eigenvalue weighted by Gasteiger charge is 2.36. The molecule has 0 saturated carbocycles. The van der Waals surface area contributed by atoms with E-state index in [-0.39, 0.29) is 6.42 Å². The van der Waals surface area contributed by atoms with Gasteiger partial charge in [-0.2, -0.15) is 9.71 Å². The van der Waals surface area contributed by atoms with Crippen molar-refractivity contribution in [3.8, 4) is 0 Å². The zero-order valence-corrected chi connectivity index (χ0v) is 11.7. The van der Waals surface area contributed by atoms with Gasteiger partial charge in [0.05, 0.1) is 0 Å². The minimum atomic E-state index is -1.23. The van der Waals surface area contributed by atoms with Crippen molar-refractivity contribution in [1.82, 2.24) is 5.01 Å². The smallest absolute Gasteiger partial charge is 0.478 e. The van der Waals surface area contributed by atoms with Crippen LogP contribution >= 0.6 is 0 Å². The summed E-state index contributed by atoms with van der Waals surface area (Å²) in [5, 5.41) is 12.8. The number of hydrogen-bond acceptors (Lipinski definition) is 4. The molecule has 8 nitrogen and oxygen atoms in total. The van der Waals surface area contributed by atoms with Crippen molar-refractivity contribution >= 4 is 12.1 Å². The van der Waals surface area contributed by atoms with E-state index in [1.54, 1.807) is 20.8 Å². The van der Waals surface area contributed by atoms with E-state index in [1.165, 1.54) is 0 Å². The minimum absolute atomic E-state index is 0.199. The largest absolute Gasteiger partial charge is 0.511 e. The summed E-state index contributed by atoms with van der Waals surface area (Å²) in [4.78, 5) is 25.5. The summed E-state index contributed by atoms with van der Waals surface area (Å²) >= 11 is 0. The van der Waals surface area contributed by atoms with Gasteiger partial charge in [-0.05, 0) is 38.8 Å². The van der Waals surface area contributed by atoms with Crippen molar-refractivity contribution in [1.29, 1.82) is 0 Å². The third kappa shape index (κ3) is 6.52. The summed E-state index contributed by atoms with van der Waals surface area (Å²) in [6.45, 7) is 6.81. The third-order valence-electron chi connectivity index (χ3n) is 2.13. The van der Waals surface area contributed by atoms with Crippen LogP contribution in [0.3, 0.4) is 0 Å². The first-order valence-corrected chi connectivity index (χ1v) is 6.03. The monoisotopic (exact) mass is 272 g/mol. The Kier molecular flexibility index (Phi) is 6.71. The Morgan fingerprint density at radius 1 is 1.47 bits per heavy atom. The molecule has 0 spiro atoms. The van der Waals surface area contributed by atoms with Gasteiger partial charge in [0.2, 0.25) is 6.04 Å². The van der Waals surface area contributed by atoms with Crippen LogP contribution < -0.4 is 0 Å². The minimum Gasteiger partial charge on any atom is -0.478 e. The van der Waals surface area contributed by atoms with Gasteiger partial charge in [0.25, 0.3) is 0 Å². The van der Waals surface area contributed by atoms with Crippen LogP contribution in [-0.2, 0) is 9.53 Å². The fraction of sp³-hybridized carbons (Fsp3) is 0.818. The van der Waals surface area contributed by atoms with Crippen LogP contribution in [0.2, 0.25) is 0 Å². The van der Waals surface area contributed by atoms with E-state index in [4.69, 9.17) is 15.4 Å². The van der Waals surface area contributed by atoms with Crippen LogP contribution in [-0.4, -0.2) is 33.8 Å². The molecule has 19 heavy (non-hydrogen) atoms. The number of amides is 1. The predicted octanol–water partition coefficient (Wildman–Crippen LogP) is 3.09. The molecule has 0 rings (SSSR count). The number of carbonyl (C=O) groups is 2. The first kappa shape index (κ1) is 17.1. The Bertz CT molecular complexity index is 371. The molecule has 8 heteroatoms. The van der Waals surface area contributed by atoms with Gasteiger partial charge in [-0.25, -0.2) is 4.79 Å². The summed E-state index contributed by atoms with van der Waals surface area (Å²) in [5.74, 6) is -1.23. The van der Waals surface area contributed by atoms with Gasteiger partial charge in [0.15, 0.2) is 0 Å². The molecule has 108 valence electrons. The number of rotatable bonds is 6. The Morgan fingerprint density at radius 3 is 2.42 bits per heavy atom. The molecule has 0 aliphatic rings. The van der Waals surface area contributed by atoms with Gasteiger partial charge in [0.1, 0.15) is 5.60 Å². The van der Waals surface area contributed by atoms with Crippen molar-refractivity contribution < 1.29 is 19.4 Å². The molecular formula is C11H20N4O4. The highest BCUT2D eigenvalue weighted by atomic mass is 16.6. The van der Waals surface area contributed by atoms with Crippen molar-refractivity contribution in [2.24, 2.45) is 5.22 Å². The molecular weight excluding hydrogens is 252 g/mol. The standard InChI is InChI=1S/C11H20N4O4/c1-5-6-7-8(9(16)17)15(14-13-12)10(18)19-11(2,3)4/h8H,5-7H2,1-4H3,(H,16,17). The third-order valence-corrected chi connectivity index (χ3v) is 2.13. The van der Waals surface area contributed by atoms with E-state index in [2.05, 4.69) is 10.1 Å². The van der Waals surface area contributed by atoms with E-state index >= 15 is 0 Å². The van der Waals surface area contributed by atoms with E-state index in [9.17, 15) is 9.59 Å². The lowest BCUT2D eigenvalue weighted by atomic mass is 10.1. The summed E-state index contributed by atoms with van der Waals surface area (Å²) in [6, 6.07) is -1.22. The van der Waals surface area contributed by atoms with Crippen LogP contribution in [0.1, 0.15) is 47.0 Å². The lowest BCUT2D eigenvalue weighted by Gasteiger charge is -2.24. The quantitative estimate of drug-likeness (QED) is 0.346. The molecule has 0 radical (unpaired) electrons. The number of carbonyl (C=O) groups excluding carboxylic acids is 1. The summed E-state index contributed by atoms with van der Waals surface area (Å²) < 4.78 is 5.02. The normalized spacial score (nSPS) is 12.2. The average Bonchev–Trinajstić information content (AvgIpc) is 2.25. The Morgan fingerprint density at radius 2 is 2.05 bits per heavy atom. The van der Waals surface area contributed by atoms with E-state index in [0.717, 1.165) is 6.42 Å². The van der Waals surface area contributed by atoms with Crippen molar-refractivity contribution in [3.05, 3.63) is 10.4 Å². The fourth-order valence-electron chi connectivity index (χ4n) is 1.33. The molecule has 0 fully saturated rings. The van der Waals surface area contributed by atoms with Crippen LogP contribution in [0.25, 0.3) is 10.4 Å². The summed E-state index contributed by atoms with van der Waals surface area (Å²) in [7, 11) is 0. The molecule has 1 amide bonds. The topological polar surface area (TPSA) is 116 Å². The number of carboxylic acids is 1. The van der Waals surface area contributed by atoms with Gasteiger partial charge in [-0.15, -0.1) is 10.5 Å². The number of hydrogen-bond donors (Lipinski definition) is 1. The van der Waals surface area contributed by atoms with Crippen LogP contribution in [0.4, 0.5) is 4.79 Å². The number of nitrogens with zero attached hydrogens (tertiary/aromatic N) is 4. The molecule has 1 unspecified atom stereocenters. The molecule has 1 atom stereocenters. The highest BCUT2D eigenvalue weighted by Crippen LogP contribution is 2.16. The second-order valence-electron chi connectivity index (χ2n) is 5.00. The lowest BCUT2D eigenvalue weighted by molar-refractivity contribution is -0.143. The Labute approximate surface area is 111 Å². The maximum Gasteiger partial charge on any atom is 0.511 e. The molecule has 0 aliphatic heterocycles. The van der Waals surface area contributed by atoms with Crippen LogP contribution in [0, 0.1) is 0 Å². The summed E-state index contributed by atoms with van der Waals surface area (Å²) in [5.41, 5.74) is 7.66. The van der Waals surface area contributed by atoms with Gasteiger partial charge in [-0.3, -0.25) is 0 Å². The second kappa shape index (κ2) is 7.48. The zero-order valence-electron chi connectivity index (χ0n) is 11.7. The maximum absolute atomic E-state index is 11.8. The SMILES string of the molecule is CCCCC(C(=O)O)N(N=[N+]=[N-])C(=O)OC(C)(C)C. The maximum atomic E-state index is 11.8. The van der Waals surface area contributed by atoms with Gasteiger partial charge >= 0.3 is 12.1 Å². The Hall–Kier alpha value is -1.95. The van der Waals surface area contributed by atoms with Crippen LogP contribution in [0.5, 0.6) is 0 Å². The number of azide groups is 1. The van der Waals surface area contributed by atoms with Gasteiger partial charge in [0, 0.05) is 0 Å². The van der Waals surface area contributed by atoms with Crippen molar-refractivity contribution in [2.75, 3.05) is 0 Å². The molecule has 0 aromatic carbocycles. The van der Waals surface area contributed by atoms with Gasteiger partial charge < -0.3 is 9.84 Å². The Balaban J connectivity index is 5.08. The molecule has 0 saturated heterocycles. The first-order chi connectivity index (χ1) is 8.72. The van der Waals surface area contributed by atoms with E-state index < -0.39 is 23.7 Å². The van der Waals surface area contributed by atoms with Crippen LogP contribution in [0.15, 0.2) is 5.22 Å². The summed E-state index contributed by atoms with van der Waals surface area (Å²) in [6.07, 6.45) is 0.595. The number of aliphatic carboxylic acids is 1. The van der Waals surface area contributed by atoms with Crippen molar-refractivity contribution in [2.45, 2.75) is 58.6 Å². The van der Waals surface area contributed by atoms with E-state index in [0.29, 0.717) is 11.4 Å². The van der Waals surface area contributed by atoms with Crippen molar-refractivity contribution in [3.63, 3.8) is 0 Å². The number of unbranched alkanes of at least 4 members (excludes halogenated alkanes) is 1. The number of carboxylic acid groups (broad SMARTS) is 1.